The van der Waals surface area contributed by atoms with Crippen molar-refractivity contribution in [3.05, 3.63) is 34.0 Å². The maximum atomic E-state index is 5.12. The molecule has 2 aromatic rings. The fourth-order valence-corrected chi connectivity index (χ4v) is 2.27. The summed E-state index contributed by atoms with van der Waals surface area (Å²) in [6.45, 7) is 0. The summed E-state index contributed by atoms with van der Waals surface area (Å²) in [4.78, 5) is 0. The first-order chi connectivity index (χ1) is 7.22. The number of ether oxygens (including phenoxy) is 1. The average Bonchev–Trinajstić information content (AvgIpc) is 2.59. The Labute approximate surface area is 102 Å². The van der Waals surface area contributed by atoms with Crippen LogP contribution in [0.3, 0.4) is 0 Å². The van der Waals surface area contributed by atoms with Crippen molar-refractivity contribution in [3.8, 4) is 17.0 Å². The van der Waals surface area contributed by atoms with E-state index in [9.17, 15) is 0 Å². The van der Waals surface area contributed by atoms with Crippen molar-refractivity contribution in [1.29, 1.82) is 0 Å². The zero-order valence-electron chi connectivity index (χ0n) is 8.57. The lowest BCUT2D eigenvalue weighted by atomic mass is 10.1. The van der Waals surface area contributed by atoms with E-state index in [0.717, 1.165) is 20.6 Å². The molecule has 4 heteroatoms. The van der Waals surface area contributed by atoms with E-state index >= 15 is 0 Å². The minimum atomic E-state index is 0.871. The summed E-state index contributed by atoms with van der Waals surface area (Å²) in [6.07, 6.45) is 1.86. The molecule has 1 heterocycles. The van der Waals surface area contributed by atoms with Crippen LogP contribution in [0.1, 0.15) is 0 Å². The fourth-order valence-electron chi connectivity index (χ4n) is 1.48. The van der Waals surface area contributed by atoms with Gasteiger partial charge in [-0.25, -0.2) is 0 Å². The molecule has 1 aromatic carbocycles. The van der Waals surface area contributed by atoms with Crippen molar-refractivity contribution in [1.82, 2.24) is 9.78 Å². The minimum absolute atomic E-state index is 0.871. The highest BCUT2D eigenvalue weighted by Gasteiger charge is 2.07. The Morgan fingerprint density at radius 2 is 1.93 bits per heavy atom. The van der Waals surface area contributed by atoms with Crippen molar-refractivity contribution in [3.63, 3.8) is 0 Å². The van der Waals surface area contributed by atoms with E-state index in [-0.39, 0.29) is 0 Å². The molecular formula is C11H11IN2O. The van der Waals surface area contributed by atoms with Gasteiger partial charge in [0.2, 0.25) is 0 Å². The summed E-state index contributed by atoms with van der Waals surface area (Å²) in [5, 5.41) is 4.21. The molecule has 0 radical (unpaired) electrons. The maximum absolute atomic E-state index is 5.12. The third kappa shape index (κ3) is 1.99. The van der Waals surface area contributed by atoms with E-state index in [1.54, 1.807) is 7.11 Å². The lowest BCUT2D eigenvalue weighted by Crippen LogP contribution is -1.94. The van der Waals surface area contributed by atoms with Crippen molar-refractivity contribution in [2.24, 2.45) is 7.05 Å². The smallest absolute Gasteiger partial charge is 0.118 e. The molecule has 0 spiro atoms. The van der Waals surface area contributed by atoms with Gasteiger partial charge in [-0.15, -0.1) is 0 Å². The first kappa shape index (κ1) is 10.5. The predicted molar refractivity (Wildman–Crippen MR) is 67.9 cm³/mol. The van der Waals surface area contributed by atoms with Crippen LogP contribution in [0, 0.1) is 3.57 Å². The van der Waals surface area contributed by atoms with Crippen LogP contribution in [0.4, 0.5) is 0 Å². The second-order valence-electron chi connectivity index (χ2n) is 3.19. The molecule has 0 aliphatic rings. The van der Waals surface area contributed by atoms with Gasteiger partial charge in [0.15, 0.2) is 0 Å². The van der Waals surface area contributed by atoms with E-state index in [4.69, 9.17) is 4.74 Å². The molecule has 0 unspecified atom stereocenters. The lowest BCUT2D eigenvalue weighted by molar-refractivity contribution is 0.415. The van der Waals surface area contributed by atoms with Crippen LogP contribution in [0.25, 0.3) is 11.3 Å². The van der Waals surface area contributed by atoms with Crippen LogP contribution in [-0.2, 0) is 7.05 Å². The summed E-state index contributed by atoms with van der Waals surface area (Å²) >= 11 is 2.29. The van der Waals surface area contributed by atoms with Crippen molar-refractivity contribution >= 4 is 22.6 Å². The van der Waals surface area contributed by atoms with Gasteiger partial charge in [0.25, 0.3) is 0 Å². The molecule has 0 amide bonds. The zero-order valence-corrected chi connectivity index (χ0v) is 10.7. The molecule has 1 aromatic heterocycles. The van der Waals surface area contributed by atoms with Gasteiger partial charge < -0.3 is 4.74 Å². The van der Waals surface area contributed by atoms with Crippen LogP contribution < -0.4 is 4.74 Å². The Kier molecular flexibility index (Phi) is 2.95. The number of aromatic nitrogens is 2. The third-order valence-electron chi connectivity index (χ3n) is 2.26. The molecule has 15 heavy (non-hydrogen) atoms. The van der Waals surface area contributed by atoms with E-state index in [2.05, 4.69) is 27.7 Å². The molecule has 0 bridgehead atoms. The summed E-state index contributed by atoms with van der Waals surface area (Å²) in [6, 6.07) is 7.99. The molecule has 0 saturated heterocycles. The van der Waals surface area contributed by atoms with Gasteiger partial charge in [-0.2, -0.15) is 5.10 Å². The number of hydrogen-bond acceptors (Lipinski definition) is 2. The van der Waals surface area contributed by atoms with Crippen molar-refractivity contribution < 1.29 is 4.74 Å². The fraction of sp³-hybridized carbons (Fsp3) is 0.182. The van der Waals surface area contributed by atoms with Gasteiger partial charge >= 0.3 is 0 Å². The second kappa shape index (κ2) is 4.22. The third-order valence-corrected chi connectivity index (χ3v) is 3.05. The maximum Gasteiger partial charge on any atom is 0.118 e. The Morgan fingerprint density at radius 1 is 1.27 bits per heavy atom. The SMILES string of the molecule is COc1ccc(-c2c(I)cnn2C)cc1. The van der Waals surface area contributed by atoms with Crippen LogP contribution in [0.5, 0.6) is 5.75 Å². The molecule has 0 N–H and O–H groups in total. The number of hydrogen-bond donors (Lipinski definition) is 0. The van der Waals surface area contributed by atoms with Crippen LogP contribution in [0.15, 0.2) is 30.5 Å². The highest BCUT2D eigenvalue weighted by molar-refractivity contribution is 14.1. The van der Waals surface area contributed by atoms with Crippen molar-refractivity contribution in [2.45, 2.75) is 0 Å². The molecule has 0 atom stereocenters. The first-order valence-electron chi connectivity index (χ1n) is 4.54. The Hall–Kier alpha value is -1.04. The highest BCUT2D eigenvalue weighted by atomic mass is 127. The van der Waals surface area contributed by atoms with E-state index in [1.165, 1.54) is 0 Å². The van der Waals surface area contributed by atoms with Gasteiger partial charge in [0.1, 0.15) is 5.75 Å². The summed E-state index contributed by atoms with van der Waals surface area (Å²) in [5.41, 5.74) is 2.29. The molecule has 0 fully saturated rings. The summed E-state index contributed by atoms with van der Waals surface area (Å²) in [7, 11) is 3.62. The molecule has 3 nitrogen and oxygen atoms in total. The van der Waals surface area contributed by atoms with Gasteiger partial charge in [-0.05, 0) is 46.9 Å². The van der Waals surface area contributed by atoms with Gasteiger partial charge in [0, 0.05) is 12.6 Å². The summed E-state index contributed by atoms with van der Waals surface area (Å²) in [5.74, 6) is 0.871. The zero-order chi connectivity index (χ0) is 10.8. The predicted octanol–water partition coefficient (Wildman–Crippen LogP) is 2.70. The molecule has 0 aliphatic carbocycles. The van der Waals surface area contributed by atoms with Gasteiger partial charge in [0.05, 0.1) is 22.6 Å². The van der Waals surface area contributed by atoms with E-state index in [0.29, 0.717) is 0 Å². The number of benzene rings is 1. The van der Waals surface area contributed by atoms with Crippen LogP contribution in [0.2, 0.25) is 0 Å². The normalized spacial score (nSPS) is 10.3. The summed E-state index contributed by atoms with van der Waals surface area (Å²) < 4.78 is 8.15. The number of nitrogens with zero attached hydrogens (tertiary/aromatic N) is 2. The lowest BCUT2D eigenvalue weighted by Gasteiger charge is -2.04. The Balaban J connectivity index is 2.45. The van der Waals surface area contributed by atoms with Crippen LogP contribution in [-0.4, -0.2) is 16.9 Å². The van der Waals surface area contributed by atoms with E-state index in [1.807, 2.05) is 42.2 Å². The average molecular weight is 314 g/mol. The molecule has 0 aliphatic heterocycles. The topological polar surface area (TPSA) is 27.1 Å². The Morgan fingerprint density at radius 3 is 2.40 bits per heavy atom. The van der Waals surface area contributed by atoms with Crippen molar-refractivity contribution in [2.75, 3.05) is 7.11 Å². The molecular weight excluding hydrogens is 303 g/mol. The first-order valence-corrected chi connectivity index (χ1v) is 5.62. The quantitative estimate of drug-likeness (QED) is 0.797. The highest BCUT2D eigenvalue weighted by Crippen LogP contribution is 2.25. The second-order valence-corrected chi connectivity index (χ2v) is 4.36. The molecule has 78 valence electrons. The van der Waals surface area contributed by atoms with E-state index < -0.39 is 0 Å². The number of aryl methyl sites for hydroxylation is 1. The number of methoxy groups -OCH3 is 1. The van der Waals surface area contributed by atoms with Gasteiger partial charge in [-0.3, -0.25) is 4.68 Å². The van der Waals surface area contributed by atoms with Gasteiger partial charge in [-0.1, -0.05) is 0 Å². The minimum Gasteiger partial charge on any atom is -0.497 e. The number of halogens is 1. The standard InChI is InChI=1S/C11H11IN2O/c1-14-11(10(12)7-13-14)8-3-5-9(15-2)6-4-8/h3-7H,1-2H3. The van der Waals surface area contributed by atoms with Crippen LogP contribution >= 0.6 is 22.6 Å². The Bertz CT molecular complexity index is 442. The number of rotatable bonds is 2. The monoisotopic (exact) mass is 314 g/mol. The molecule has 0 saturated carbocycles. The largest absolute Gasteiger partial charge is 0.497 e. The molecule has 2 rings (SSSR count).